The molecule has 1 aromatic heterocycles. The first-order chi connectivity index (χ1) is 11.3. The number of carbonyl (C=O) groups is 1. The number of piperidine rings is 1. The molecule has 2 saturated heterocycles. The van der Waals surface area contributed by atoms with Gasteiger partial charge in [0.1, 0.15) is 5.82 Å². The first kappa shape index (κ1) is 16.2. The Hall–Kier alpha value is -1.62. The van der Waals surface area contributed by atoms with E-state index in [9.17, 15) is 4.79 Å². The first-order valence-electron chi connectivity index (χ1n) is 8.98. The van der Waals surface area contributed by atoms with Gasteiger partial charge in [-0.05, 0) is 50.3 Å². The van der Waals surface area contributed by atoms with Gasteiger partial charge in [-0.15, -0.1) is 0 Å². The van der Waals surface area contributed by atoms with Crippen LogP contribution in [0.1, 0.15) is 48.9 Å². The van der Waals surface area contributed by atoms with E-state index < -0.39 is 0 Å². The van der Waals surface area contributed by atoms with Gasteiger partial charge in [0.05, 0.1) is 5.56 Å². The Kier molecular flexibility index (Phi) is 5.49. The molecule has 3 rings (SSSR count). The van der Waals surface area contributed by atoms with Gasteiger partial charge in [-0.1, -0.05) is 12.8 Å². The number of carbonyl (C=O) groups excluding carboxylic acids is 1. The molecule has 0 aliphatic carbocycles. The fourth-order valence-electron chi connectivity index (χ4n) is 3.55. The molecule has 1 amide bonds. The topological polar surface area (TPSA) is 62.5 Å². The molecule has 0 spiro atoms. The van der Waals surface area contributed by atoms with Crippen molar-refractivity contribution in [1.29, 1.82) is 0 Å². The first-order valence-corrected chi connectivity index (χ1v) is 8.98. The monoisotopic (exact) mass is 316 g/mol. The zero-order valence-corrected chi connectivity index (χ0v) is 13.9. The van der Waals surface area contributed by atoms with Crippen LogP contribution in [0.25, 0.3) is 0 Å². The highest BCUT2D eigenvalue weighted by atomic mass is 16.2. The zero-order chi connectivity index (χ0) is 16.1. The van der Waals surface area contributed by atoms with Crippen molar-refractivity contribution in [2.24, 2.45) is 11.7 Å². The van der Waals surface area contributed by atoms with E-state index in [1.165, 1.54) is 25.7 Å². The Morgan fingerprint density at radius 3 is 2.35 bits per heavy atom. The highest BCUT2D eigenvalue weighted by Crippen LogP contribution is 2.20. The predicted molar refractivity (Wildman–Crippen MR) is 92.6 cm³/mol. The van der Waals surface area contributed by atoms with Crippen LogP contribution in [0.15, 0.2) is 18.3 Å². The maximum Gasteiger partial charge on any atom is 0.255 e. The van der Waals surface area contributed by atoms with Gasteiger partial charge in [0, 0.05) is 32.4 Å². The quantitative estimate of drug-likeness (QED) is 0.929. The summed E-state index contributed by atoms with van der Waals surface area (Å²) in [5.74, 6) is 1.68. The summed E-state index contributed by atoms with van der Waals surface area (Å²) in [6.07, 6.45) is 8.87. The Morgan fingerprint density at radius 2 is 1.78 bits per heavy atom. The lowest BCUT2D eigenvalue weighted by Crippen LogP contribution is -2.40. The summed E-state index contributed by atoms with van der Waals surface area (Å²) in [6, 6.07) is 3.94. The minimum absolute atomic E-state index is 0.107. The summed E-state index contributed by atoms with van der Waals surface area (Å²) in [5.41, 5.74) is 6.42. The second kappa shape index (κ2) is 7.77. The van der Waals surface area contributed by atoms with E-state index in [-0.39, 0.29) is 5.91 Å². The van der Waals surface area contributed by atoms with Crippen molar-refractivity contribution < 1.29 is 4.79 Å². The molecule has 1 aromatic rings. The highest BCUT2D eigenvalue weighted by molar-refractivity contribution is 5.94. The van der Waals surface area contributed by atoms with Gasteiger partial charge in [0.15, 0.2) is 0 Å². The summed E-state index contributed by atoms with van der Waals surface area (Å²) in [6.45, 7) is 4.51. The number of amides is 1. The van der Waals surface area contributed by atoms with Gasteiger partial charge in [-0.25, -0.2) is 4.98 Å². The number of pyridine rings is 1. The van der Waals surface area contributed by atoms with Crippen molar-refractivity contribution in [3.05, 3.63) is 23.9 Å². The molecule has 2 aliphatic heterocycles. The van der Waals surface area contributed by atoms with Crippen LogP contribution in [-0.2, 0) is 0 Å². The third-order valence-electron chi connectivity index (χ3n) is 5.16. The molecule has 2 N–H and O–H groups in total. The number of rotatable bonds is 3. The largest absolute Gasteiger partial charge is 0.357 e. The molecule has 2 aliphatic rings. The Bertz CT molecular complexity index is 500. The number of likely N-dealkylation sites (tertiary alicyclic amines) is 1. The Morgan fingerprint density at radius 1 is 1.09 bits per heavy atom. The van der Waals surface area contributed by atoms with E-state index in [2.05, 4.69) is 9.88 Å². The molecule has 126 valence electrons. The zero-order valence-electron chi connectivity index (χ0n) is 13.9. The van der Waals surface area contributed by atoms with Crippen LogP contribution in [0.2, 0.25) is 0 Å². The average molecular weight is 316 g/mol. The molecule has 0 atom stereocenters. The van der Waals surface area contributed by atoms with E-state index in [4.69, 9.17) is 5.73 Å². The molecular weight excluding hydrogens is 288 g/mol. The second-order valence-electron chi connectivity index (χ2n) is 6.78. The summed E-state index contributed by atoms with van der Waals surface area (Å²) in [4.78, 5) is 21.4. The van der Waals surface area contributed by atoms with Crippen molar-refractivity contribution in [1.82, 2.24) is 9.88 Å². The third kappa shape index (κ3) is 4.02. The fourth-order valence-corrected chi connectivity index (χ4v) is 3.55. The van der Waals surface area contributed by atoms with Crippen LogP contribution in [0, 0.1) is 5.92 Å². The maximum absolute atomic E-state index is 12.6. The normalized spacial score (nSPS) is 20.4. The average Bonchev–Trinajstić information content (AvgIpc) is 2.91. The van der Waals surface area contributed by atoms with Gasteiger partial charge >= 0.3 is 0 Å². The summed E-state index contributed by atoms with van der Waals surface area (Å²) < 4.78 is 0. The molecule has 2 fully saturated rings. The van der Waals surface area contributed by atoms with E-state index in [1.54, 1.807) is 6.20 Å². The van der Waals surface area contributed by atoms with Crippen molar-refractivity contribution in [3.8, 4) is 0 Å². The highest BCUT2D eigenvalue weighted by Gasteiger charge is 2.23. The van der Waals surface area contributed by atoms with Crippen LogP contribution in [-0.4, -0.2) is 48.5 Å². The van der Waals surface area contributed by atoms with Gasteiger partial charge < -0.3 is 15.5 Å². The molecule has 5 heteroatoms. The maximum atomic E-state index is 12.6. The number of anilines is 1. The molecule has 5 nitrogen and oxygen atoms in total. The molecule has 0 saturated carbocycles. The summed E-state index contributed by atoms with van der Waals surface area (Å²) in [5, 5.41) is 0. The summed E-state index contributed by atoms with van der Waals surface area (Å²) >= 11 is 0. The van der Waals surface area contributed by atoms with Crippen LogP contribution in [0.4, 0.5) is 5.82 Å². The third-order valence-corrected chi connectivity index (χ3v) is 5.16. The molecule has 3 heterocycles. The molecule has 0 aromatic carbocycles. The van der Waals surface area contributed by atoms with Gasteiger partial charge in [-0.2, -0.15) is 0 Å². The second-order valence-corrected chi connectivity index (χ2v) is 6.78. The van der Waals surface area contributed by atoms with E-state index in [0.29, 0.717) is 11.5 Å². The van der Waals surface area contributed by atoms with E-state index >= 15 is 0 Å². The van der Waals surface area contributed by atoms with E-state index in [0.717, 1.165) is 51.4 Å². The van der Waals surface area contributed by atoms with Crippen molar-refractivity contribution in [3.63, 3.8) is 0 Å². The lowest BCUT2D eigenvalue weighted by Gasteiger charge is -2.31. The molecule has 0 unspecified atom stereocenters. The van der Waals surface area contributed by atoms with Crippen molar-refractivity contribution >= 4 is 11.7 Å². The van der Waals surface area contributed by atoms with Gasteiger partial charge in [-0.3, -0.25) is 4.79 Å². The number of nitrogens with zero attached hydrogens (tertiary/aromatic N) is 3. The summed E-state index contributed by atoms with van der Waals surface area (Å²) in [7, 11) is 0. The van der Waals surface area contributed by atoms with Crippen molar-refractivity contribution in [2.75, 3.05) is 37.6 Å². The van der Waals surface area contributed by atoms with Crippen molar-refractivity contribution in [2.45, 2.75) is 38.5 Å². The van der Waals surface area contributed by atoms with E-state index in [1.807, 2.05) is 17.0 Å². The van der Waals surface area contributed by atoms with Crippen LogP contribution < -0.4 is 10.6 Å². The molecular formula is C18H28N4O. The lowest BCUT2D eigenvalue weighted by molar-refractivity contribution is 0.0693. The predicted octanol–water partition coefficient (Wildman–Crippen LogP) is 2.27. The number of hydrogen-bond acceptors (Lipinski definition) is 4. The Balaban J connectivity index is 1.61. The molecule has 0 bridgehead atoms. The lowest BCUT2D eigenvalue weighted by atomic mass is 9.97. The minimum atomic E-state index is 0.107. The van der Waals surface area contributed by atoms with Gasteiger partial charge in [0.2, 0.25) is 0 Å². The minimum Gasteiger partial charge on any atom is -0.357 e. The molecule has 0 radical (unpaired) electrons. The SMILES string of the molecule is NCC1CCN(C(=O)c2ccc(N3CCCCCC3)nc2)CC1. The number of nitrogens with two attached hydrogens (primary N) is 1. The smallest absolute Gasteiger partial charge is 0.255 e. The van der Waals surface area contributed by atoms with Crippen LogP contribution in [0.3, 0.4) is 0 Å². The molecule has 23 heavy (non-hydrogen) atoms. The number of hydrogen-bond donors (Lipinski definition) is 1. The van der Waals surface area contributed by atoms with Crippen LogP contribution in [0.5, 0.6) is 0 Å². The van der Waals surface area contributed by atoms with Crippen LogP contribution >= 0.6 is 0 Å². The Labute approximate surface area is 138 Å². The van der Waals surface area contributed by atoms with Gasteiger partial charge in [0.25, 0.3) is 5.91 Å². The fraction of sp³-hybridized carbons (Fsp3) is 0.667. The number of aromatic nitrogens is 1. The standard InChI is InChI=1S/C18H28N4O/c19-13-15-7-11-22(12-8-15)18(23)16-5-6-17(20-14-16)21-9-3-1-2-4-10-21/h5-6,14-15H,1-4,7-13,19H2.